The lowest BCUT2D eigenvalue weighted by molar-refractivity contribution is -0.385. The molecule has 1 aromatic heterocycles. The van der Waals surface area contributed by atoms with Crippen LogP contribution < -0.4 is 10.9 Å². The summed E-state index contributed by atoms with van der Waals surface area (Å²) in [5.41, 5.74) is 0.872. The van der Waals surface area contributed by atoms with Gasteiger partial charge in [0.15, 0.2) is 0 Å². The van der Waals surface area contributed by atoms with Crippen LogP contribution in [0.25, 0.3) is 0 Å². The third-order valence-corrected chi connectivity index (χ3v) is 2.52. The summed E-state index contributed by atoms with van der Waals surface area (Å²) in [5.74, 6) is 0. The highest BCUT2D eigenvalue weighted by Gasteiger charge is 2.13. The third kappa shape index (κ3) is 3.53. The number of nitro groups is 1. The summed E-state index contributed by atoms with van der Waals surface area (Å²) >= 11 is 0. The van der Waals surface area contributed by atoms with Crippen LogP contribution in [0.1, 0.15) is 12.5 Å². The topological polar surface area (TPSA) is 77.2 Å². The standard InChI is InChI=1S/C12H17N3O3/c1-4-13-6-9(2)7-14-8-11(15(17)18)10(3)5-12(14)16/h5,8,13H,2,4,6-7H2,1,3H3. The van der Waals surface area contributed by atoms with E-state index in [0.29, 0.717) is 12.1 Å². The second-order valence-electron chi connectivity index (χ2n) is 4.10. The number of aryl methyl sites for hydroxylation is 1. The van der Waals surface area contributed by atoms with Crippen molar-refractivity contribution in [2.45, 2.75) is 20.4 Å². The van der Waals surface area contributed by atoms with Gasteiger partial charge in [-0.1, -0.05) is 13.5 Å². The molecule has 18 heavy (non-hydrogen) atoms. The van der Waals surface area contributed by atoms with E-state index in [1.165, 1.54) is 16.8 Å². The average molecular weight is 251 g/mol. The fourth-order valence-corrected chi connectivity index (χ4v) is 1.57. The van der Waals surface area contributed by atoms with E-state index in [1.54, 1.807) is 6.92 Å². The first kappa shape index (κ1) is 14.1. The maximum atomic E-state index is 11.7. The lowest BCUT2D eigenvalue weighted by Crippen LogP contribution is -2.24. The summed E-state index contributed by atoms with van der Waals surface area (Å²) in [4.78, 5) is 22.0. The van der Waals surface area contributed by atoms with Crippen molar-refractivity contribution >= 4 is 5.69 Å². The molecule has 0 unspecified atom stereocenters. The lowest BCUT2D eigenvalue weighted by Gasteiger charge is -2.09. The summed E-state index contributed by atoms with van der Waals surface area (Å²) in [5, 5.41) is 13.9. The summed E-state index contributed by atoms with van der Waals surface area (Å²) in [7, 11) is 0. The molecule has 98 valence electrons. The van der Waals surface area contributed by atoms with Gasteiger partial charge in [-0.15, -0.1) is 0 Å². The molecule has 0 amide bonds. The molecule has 0 aliphatic carbocycles. The first-order valence-electron chi connectivity index (χ1n) is 5.68. The Kier molecular flexibility index (Phi) is 4.79. The molecule has 6 heteroatoms. The SMILES string of the molecule is C=C(CNCC)Cn1cc([N+](=O)[O-])c(C)cc1=O. The predicted molar refractivity (Wildman–Crippen MR) is 69.8 cm³/mol. The zero-order valence-electron chi connectivity index (χ0n) is 10.6. The van der Waals surface area contributed by atoms with Crippen molar-refractivity contribution in [3.63, 3.8) is 0 Å². The van der Waals surface area contributed by atoms with Gasteiger partial charge in [0.25, 0.3) is 11.2 Å². The van der Waals surface area contributed by atoms with Crippen molar-refractivity contribution in [3.05, 3.63) is 50.4 Å². The van der Waals surface area contributed by atoms with E-state index >= 15 is 0 Å². The van der Waals surface area contributed by atoms with E-state index in [4.69, 9.17) is 0 Å². The molecule has 0 saturated heterocycles. The van der Waals surface area contributed by atoms with Gasteiger partial charge in [0.05, 0.1) is 11.1 Å². The van der Waals surface area contributed by atoms with Crippen LogP contribution in [-0.4, -0.2) is 22.6 Å². The van der Waals surface area contributed by atoms with Crippen molar-refractivity contribution in [3.8, 4) is 0 Å². The Bertz CT molecular complexity index is 520. The van der Waals surface area contributed by atoms with Gasteiger partial charge >= 0.3 is 0 Å². The second kappa shape index (κ2) is 6.11. The number of pyridine rings is 1. The molecule has 1 heterocycles. The van der Waals surface area contributed by atoms with E-state index < -0.39 is 4.92 Å². The molecule has 0 aromatic carbocycles. The highest BCUT2D eigenvalue weighted by atomic mass is 16.6. The van der Waals surface area contributed by atoms with Gasteiger partial charge < -0.3 is 9.88 Å². The molecule has 6 nitrogen and oxygen atoms in total. The number of aromatic nitrogens is 1. The van der Waals surface area contributed by atoms with Gasteiger partial charge in [-0.2, -0.15) is 0 Å². The van der Waals surface area contributed by atoms with E-state index in [-0.39, 0.29) is 17.8 Å². The molecule has 0 radical (unpaired) electrons. The molecule has 0 fully saturated rings. The van der Waals surface area contributed by atoms with Crippen LogP contribution in [0.3, 0.4) is 0 Å². The summed E-state index contributed by atoms with van der Waals surface area (Å²) in [6.45, 7) is 9.03. The molecule has 1 N–H and O–H groups in total. The van der Waals surface area contributed by atoms with Crippen molar-refractivity contribution in [2.75, 3.05) is 13.1 Å². The average Bonchev–Trinajstić information content (AvgIpc) is 2.29. The number of hydrogen-bond donors (Lipinski definition) is 1. The van der Waals surface area contributed by atoms with Crippen LogP contribution in [0.4, 0.5) is 5.69 Å². The predicted octanol–water partition coefficient (Wildman–Crippen LogP) is 1.23. The minimum atomic E-state index is -0.488. The largest absolute Gasteiger partial charge is 0.313 e. The summed E-state index contributed by atoms with van der Waals surface area (Å²) in [6.07, 6.45) is 1.27. The van der Waals surface area contributed by atoms with Gasteiger partial charge in [-0.3, -0.25) is 14.9 Å². The number of hydrogen-bond acceptors (Lipinski definition) is 4. The molecule has 0 saturated carbocycles. The monoisotopic (exact) mass is 251 g/mol. The van der Waals surface area contributed by atoms with Gasteiger partial charge in [-0.25, -0.2) is 0 Å². The zero-order chi connectivity index (χ0) is 13.7. The highest BCUT2D eigenvalue weighted by molar-refractivity contribution is 5.36. The van der Waals surface area contributed by atoms with Crippen molar-refractivity contribution in [2.24, 2.45) is 0 Å². The van der Waals surface area contributed by atoms with Crippen LogP contribution in [0.2, 0.25) is 0 Å². The van der Waals surface area contributed by atoms with Gasteiger partial charge in [0.1, 0.15) is 0 Å². The zero-order valence-corrected chi connectivity index (χ0v) is 10.6. The lowest BCUT2D eigenvalue weighted by atomic mass is 10.2. The van der Waals surface area contributed by atoms with Crippen LogP contribution >= 0.6 is 0 Å². The first-order chi connectivity index (χ1) is 8.45. The minimum Gasteiger partial charge on any atom is -0.313 e. The smallest absolute Gasteiger partial charge is 0.288 e. The fraction of sp³-hybridized carbons (Fsp3) is 0.417. The molecule has 1 aromatic rings. The van der Waals surface area contributed by atoms with Crippen LogP contribution in [0.15, 0.2) is 29.2 Å². The number of likely N-dealkylation sites (N-methyl/N-ethyl adjacent to an activating group) is 1. The Hall–Kier alpha value is -1.95. The summed E-state index contributed by atoms with van der Waals surface area (Å²) < 4.78 is 1.31. The first-order valence-corrected chi connectivity index (χ1v) is 5.68. The van der Waals surface area contributed by atoms with E-state index in [9.17, 15) is 14.9 Å². The van der Waals surface area contributed by atoms with Crippen LogP contribution in [0, 0.1) is 17.0 Å². The number of rotatable bonds is 6. The highest BCUT2D eigenvalue weighted by Crippen LogP contribution is 2.14. The quantitative estimate of drug-likeness (QED) is 0.468. The Labute approximate surface area is 105 Å². The molecule has 0 aliphatic heterocycles. The Morgan fingerprint density at radius 1 is 1.61 bits per heavy atom. The van der Waals surface area contributed by atoms with Crippen molar-refractivity contribution in [1.29, 1.82) is 0 Å². The molecular weight excluding hydrogens is 234 g/mol. The molecule has 1 rings (SSSR count). The number of nitrogens with zero attached hydrogens (tertiary/aromatic N) is 2. The molecular formula is C12H17N3O3. The molecule has 0 atom stereocenters. The normalized spacial score (nSPS) is 10.3. The van der Waals surface area contributed by atoms with Gasteiger partial charge in [0.2, 0.25) is 0 Å². The maximum absolute atomic E-state index is 11.7. The third-order valence-electron chi connectivity index (χ3n) is 2.52. The minimum absolute atomic E-state index is 0.0501. The Balaban J connectivity index is 2.96. The Morgan fingerprint density at radius 3 is 2.83 bits per heavy atom. The number of nitrogens with one attached hydrogen (secondary N) is 1. The maximum Gasteiger partial charge on any atom is 0.288 e. The molecule has 0 aliphatic rings. The fourth-order valence-electron chi connectivity index (χ4n) is 1.57. The Morgan fingerprint density at radius 2 is 2.28 bits per heavy atom. The van der Waals surface area contributed by atoms with Crippen molar-refractivity contribution in [1.82, 2.24) is 9.88 Å². The van der Waals surface area contributed by atoms with E-state index in [0.717, 1.165) is 12.1 Å². The second-order valence-corrected chi connectivity index (χ2v) is 4.10. The van der Waals surface area contributed by atoms with Crippen molar-refractivity contribution < 1.29 is 4.92 Å². The van der Waals surface area contributed by atoms with Crippen LogP contribution in [-0.2, 0) is 6.54 Å². The van der Waals surface area contributed by atoms with Gasteiger partial charge in [-0.05, 0) is 19.0 Å². The molecule has 0 bridgehead atoms. The summed E-state index contributed by atoms with van der Waals surface area (Å²) in [6, 6.07) is 1.28. The van der Waals surface area contributed by atoms with E-state index in [1.807, 2.05) is 6.92 Å². The van der Waals surface area contributed by atoms with E-state index in [2.05, 4.69) is 11.9 Å². The van der Waals surface area contributed by atoms with Crippen LogP contribution in [0.5, 0.6) is 0 Å². The molecule has 0 spiro atoms. The van der Waals surface area contributed by atoms with Gasteiger partial charge in [0, 0.05) is 24.7 Å².